The molecule has 5 heteroatoms. The second-order valence-electron chi connectivity index (χ2n) is 8.98. The highest BCUT2D eigenvalue weighted by Gasteiger charge is 2.35. The molecule has 0 heterocycles. The van der Waals surface area contributed by atoms with Gasteiger partial charge in [0, 0.05) is 6.07 Å². The van der Waals surface area contributed by atoms with E-state index in [0.717, 1.165) is 56.8 Å². The highest BCUT2D eigenvalue weighted by Crippen LogP contribution is 2.46. The minimum absolute atomic E-state index is 0.0538. The van der Waals surface area contributed by atoms with Gasteiger partial charge in [-0.3, -0.25) is 0 Å². The van der Waals surface area contributed by atoms with Crippen molar-refractivity contribution in [1.29, 1.82) is 0 Å². The lowest BCUT2D eigenvalue weighted by Gasteiger charge is -2.32. The van der Waals surface area contributed by atoms with Crippen LogP contribution in [-0.4, -0.2) is 24.5 Å². The van der Waals surface area contributed by atoms with Crippen molar-refractivity contribution >= 4 is 12.3 Å². The SMILES string of the molecule is CC(C)(C)OC(=O)c1cc(C2CC2)c(OCC2(C=O)CCCCC2)cc1F. The Morgan fingerprint density at radius 3 is 2.44 bits per heavy atom. The zero-order valence-corrected chi connectivity index (χ0v) is 16.5. The van der Waals surface area contributed by atoms with E-state index in [1.807, 2.05) is 0 Å². The van der Waals surface area contributed by atoms with Gasteiger partial charge in [0.15, 0.2) is 0 Å². The van der Waals surface area contributed by atoms with Crippen LogP contribution in [0.25, 0.3) is 0 Å². The fourth-order valence-corrected chi connectivity index (χ4v) is 3.67. The van der Waals surface area contributed by atoms with Crippen LogP contribution in [0.1, 0.15) is 87.6 Å². The molecule has 0 bridgehead atoms. The number of ether oxygens (including phenoxy) is 2. The number of carbonyl (C=O) groups is 2. The Kier molecular flexibility index (Phi) is 5.59. The summed E-state index contributed by atoms with van der Waals surface area (Å²) in [4.78, 5) is 24.0. The molecule has 0 spiro atoms. The van der Waals surface area contributed by atoms with Gasteiger partial charge in [0.2, 0.25) is 0 Å². The van der Waals surface area contributed by atoms with Crippen molar-refractivity contribution in [3.63, 3.8) is 0 Å². The summed E-state index contributed by atoms with van der Waals surface area (Å²) in [7, 11) is 0. The van der Waals surface area contributed by atoms with E-state index in [-0.39, 0.29) is 18.1 Å². The Labute approximate surface area is 160 Å². The first-order valence-electron chi connectivity index (χ1n) is 9.89. The van der Waals surface area contributed by atoms with E-state index < -0.39 is 22.8 Å². The molecule has 2 saturated carbocycles. The van der Waals surface area contributed by atoms with Crippen LogP contribution >= 0.6 is 0 Å². The zero-order chi connectivity index (χ0) is 19.7. The quantitative estimate of drug-likeness (QED) is 0.507. The van der Waals surface area contributed by atoms with E-state index in [0.29, 0.717) is 5.75 Å². The summed E-state index contributed by atoms with van der Waals surface area (Å²) < 4.78 is 25.9. The van der Waals surface area contributed by atoms with Crippen LogP contribution in [-0.2, 0) is 9.53 Å². The van der Waals surface area contributed by atoms with E-state index in [9.17, 15) is 14.0 Å². The van der Waals surface area contributed by atoms with E-state index in [4.69, 9.17) is 9.47 Å². The topological polar surface area (TPSA) is 52.6 Å². The molecular weight excluding hydrogens is 347 g/mol. The summed E-state index contributed by atoms with van der Waals surface area (Å²) in [5, 5.41) is 0. The predicted octanol–water partition coefficient (Wildman–Crippen LogP) is 5.19. The lowest BCUT2D eigenvalue weighted by Crippen LogP contribution is -2.32. The van der Waals surface area contributed by atoms with Crippen molar-refractivity contribution in [2.45, 2.75) is 77.2 Å². The Morgan fingerprint density at radius 1 is 1.22 bits per heavy atom. The Bertz CT molecular complexity index is 710. The lowest BCUT2D eigenvalue weighted by molar-refractivity contribution is -0.119. The molecule has 0 amide bonds. The smallest absolute Gasteiger partial charge is 0.341 e. The molecule has 0 saturated heterocycles. The van der Waals surface area contributed by atoms with E-state index in [2.05, 4.69) is 0 Å². The zero-order valence-electron chi connectivity index (χ0n) is 16.5. The number of rotatable bonds is 6. The molecule has 0 aliphatic heterocycles. The summed E-state index contributed by atoms with van der Waals surface area (Å²) in [6, 6.07) is 2.86. The summed E-state index contributed by atoms with van der Waals surface area (Å²) >= 11 is 0. The lowest BCUT2D eigenvalue weighted by atomic mass is 9.76. The number of halogens is 1. The van der Waals surface area contributed by atoms with E-state index in [1.165, 1.54) is 6.07 Å². The number of aldehydes is 1. The van der Waals surface area contributed by atoms with Crippen molar-refractivity contribution in [3.05, 3.63) is 29.1 Å². The molecule has 4 nitrogen and oxygen atoms in total. The van der Waals surface area contributed by atoms with Crippen LogP contribution in [0.2, 0.25) is 0 Å². The minimum Gasteiger partial charge on any atom is -0.492 e. The average Bonchev–Trinajstić information content (AvgIpc) is 3.44. The van der Waals surface area contributed by atoms with E-state index >= 15 is 0 Å². The Balaban J connectivity index is 1.82. The van der Waals surface area contributed by atoms with Gasteiger partial charge in [0.05, 0.1) is 11.0 Å². The molecule has 0 atom stereocenters. The number of esters is 1. The number of hydrogen-bond acceptors (Lipinski definition) is 4. The second kappa shape index (κ2) is 7.61. The van der Waals surface area contributed by atoms with Gasteiger partial charge in [-0.15, -0.1) is 0 Å². The van der Waals surface area contributed by atoms with Gasteiger partial charge in [-0.05, 0) is 64.0 Å². The van der Waals surface area contributed by atoms with E-state index in [1.54, 1.807) is 26.8 Å². The molecule has 0 aromatic heterocycles. The van der Waals surface area contributed by atoms with Crippen LogP contribution in [0.5, 0.6) is 5.75 Å². The average molecular weight is 376 g/mol. The third kappa shape index (κ3) is 4.88. The van der Waals surface area contributed by atoms with Crippen molar-refractivity contribution < 1.29 is 23.5 Å². The summed E-state index contributed by atoms with van der Waals surface area (Å²) in [6.45, 7) is 5.53. The molecule has 2 aliphatic rings. The molecule has 0 unspecified atom stereocenters. The van der Waals surface area contributed by atoms with Gasteiger partial charge in [-0.25, -0.2) is 9.18 Å². The van der Waals surface area contributed by atoms with Gasteiger partial charge >= 0.3 is 5.97 Å². The van der Waals surface area contributed by atoms with Crippen molar-refractivity contribution in [1.82, 2.24) is 0 Å². The van der Waals surface area contributed by atoms with Crippen LogP contribution in [0, 0.1) is 11.2 Å². The Hall–Kier alpha value is -1.91. The highest BCUT2D eigenvalue weighted by molar-refractivity contribution is 5.90. The van der Waals surface area contributed by atoms with Gasteiger partial charge in [-0.1, -0.05) is 19.3 Å². The molecule has 2 aliphatic carbocycles. The molecule has 148 valence electrons. The molecule has 0 N–H and O–H groups in total. The molecule has 1 aromatic rings. The summed E-state index contributed by atoms with van der Waals surface area (Å²) in [5.41, 5.74) is -0.370. The predicted molar refractivity (Wildman–Crippen MR) is 101 cm³/mol. The summed E-state index contributed by atoms with van der Waals surface area (Å²) in [5.74, 6) is -0.577. The first kappa shape index (κ1) is 19.8. The van der Waals surface area contributed by atoms with Gasteiger partial charge in [-0.2, -0.15) is 0 Å². The Morgan fingerprint density at radius 2 is 1.89 bits per heavy atom. The standard InChI is InChI=1S/C22H29FO4/c1-21(2,3)27-20(25)17-11-16(15-7-8-15)19(12-18(17)23)26-14-22(13-24)9-5-4-6-10-22/h11-13,15H,4-10,14H2,1-3H3. The van der Waals surface area contributed by atoms with Crippen LogP contribution in [0.4, 0.5) is 4.39 Å². The van der Waals surface area contributed by atoms with Crippen molar-refractivity contribution in [3.8, 4) is 5.75 Å². The number of hydrogen-bond donors (Lipinski definition) is 0. The maximum absolute atomic E-state index is 14.6. The first-order chi connectivity index (χ1) is 12.7. The van der Waals surface area contributed by atoms with Gasteiger partial charge in [0.1, 0.15) is 30.1 Å². The molecule has 1 aromatic carbocycles. The summed E-state index contributed by atoms with van der Waals surface area (Å²) in [6.07, 6.45) is 7.80. The maximum atomic E-state index is 14.6. The second-order valence-corrected chi connectivity index (χ2v) is 8.98. The molecule has 2 fully saturated rings. The first-order valence-corrected chi connectivity index (χ1v) is 9.89. The molecule has 27 heavy (non-hydrogen) atoms. The molecule has 3 rings (SSSR count). The fourth-order valence-electron chi connectivity index (χ4n) is 3.67. The van der Waals surface area contributed by atoms with Crippen LogP contribution in [0.15, 0.2) is 12.1 Å². The van der Waals surface area contributed by atoms with Gasteiger partial charge < -0.3 is 14.3 Å². The molecular formula is C22H29FO4. The number of benzene rings is 1. The van der Waals surface area contributed by atoms with Crippen molar-refractivity contribution in [2.75, 3.05) is 6.61 Å². The fraction of sp³-hybridized carbons (Fsp3) is 0.636. The highest BCUT2D eigenvalue weighted by atomic mass is 19.1. The minimum atomic E-state index is -0.685. The van der Waals surface area contributed by atoms with Gasteiger partial charge in [0.25, 0.3) is 0 Å². The normalized spacial score (nSPS) is 19.4. The number of carbonyl (C=O) groups excluding carboxylic acids is 2. The van der Waals surface area contributed by atoms with Crippen LogP contribution in [0.3, 0.4) is 0 Å². The third-order valence-electron chi connectivity index (χ3n) is 5.35. The van der Waals surface area contributed by atoms with Crippen LogP contribution < -0.4 is 4.74 Å². The maximum Gasteiger partial charge on any atom is 0.341 e. The third-order valence-corrected chi connectivity index (χ3v) is 5.35. The molecule has 0 radical (unpaired) electrons. The monoisotopic (exact) mass is 376 g/mol. The van der Waals surface area contributed by atoms with Crippen molar-refractivity contribution in [2.24, 2.45) is 5.41 Å². The largest absolute Gasteiger partial charge is 0.492 e.